The molecule has 2 unspecified atom stereocenters. The Morgan fingerprint density at radius 3 is 1.84 bits per heavy atom. The Labute approximate surface area is 123 Å². The largest absolute Gasteiger partial charge is 0.297 e. The van der Waals surface area contributed by atoms with Gasteiger partial charge in [-0.15, -0.1) is 11.6 Å². The predicted octanol–water partition coefficient (Wildman–Crippen LogP) is 3.86. The molecule has 0 saturated carbocycles. The van der Waals surface area contributed by atoms with Crippen LogP contribution in [0, 0.1) is 0 Å². The molecule has 2 fully saturated rings. The van der Waals surface area contributed by atoms with Crippen LogP contribution in [-0.4, -0.2) is 47.5 Å². The van der Waals surface area contributed by atoms with E-state index in [1.807, 2.05) is 0 Å². The highest BCUT2D eigenvalue weighted by Gasteiger charge is 2.30. The second kappa shape index (κ2) is 7.10. The number of halogens is 1. The number of allylic oxidation sites excluding steroid dienone is 1. The van der Waals surface area contributed by atoms with Gasteiger partial charge in [0, 0.05) is 6.04 Å². The van der Waals surface area contributed by atoms with Gasteiger partial charge in [-0.3, -0.25) is 9.80 Å². The summed E-state index contributed by atoms with van der Waals surface area (Å²) in [6.07, 6.45) is 6.69. The van der Waals surface area contributed by atoms with Crippen molar-refractivity contribution in [3.63, 3.8) is 0 Å². The van der Waals surface area contributed by atoms with Crippen LogP contribution in [0.15, 0.2) is 11.1 Å². The first-order chi connectivity index (χ1) is 9.11. The highest BCUT2D eigenvalue weighted by atomic mass is 35.5. The van der Waals surface area contributed by atoms with Gasteiger partial charge in [0.15, 0.2) is 0 Å². The quantitative estimate of drug-likeness (QED) is 0.439. The molecule has 0 aromatic rings. The monoisotopic (exact) mass is 284 g/mol. The molecule has 0 N–H and O–H groups in total. The van der Waals surface area contributed by atoms with Gasteiger partial charge in [-0.1, -0.05) is 12.0 Å². The Balaban J connectivity index is 2.08. The summed E-state index contributed by atoms with van der Waals surface area (Å²) in [7, 11) is 0. The second-order valence-corrected chi connectivity index (χ2v) is 6.72. The Morgan fingerprint density at radius 2 is 1.32 bits per heavy atom. The highest BCUT2D eigenvalue weighted by Crippen LogP contribution is 2.29. The highest BCUT2D eigenvalue weighted by molar-refractivity contribution is 6.22. The van der Waals surface area contributed by atoms with E-state index in [2.05, 4.69) is 30.6 Å². The fourth-order valence-electron chi connectivity index (χ4n) is 3.52. The summed E-state index contributed by atoms with van der Waals surface area (Å²) in [5, 5.41) is 0. The normalized spacial score (nSPS) is 25.3. The molecule has 2 nitrogen and oxygen atoms in total. The van der Waals surface area contributed by atoms with E-state index in [1.54, 1.807) is 0 Å². The van der Waals surface area contributed by atoms with Gasteiger partial charge in [0.1, 0.15) is 5.50 Å². The van der Waals surface area contributed by atoms with Crippen molar-refractivity contribution in [2.75, 3.05) is 26.2 Å². The van der Waals surface area contributed by atoms with Crippen molar-refractivity contribution in [2.45, 2.75) is 64.4 Å². The number of alkyl halides is 1. The van der Waals surface area contributed by atoms with Crippen LogP contribution in [0.4, 0.5) is 0 Å². The molecule has 0 spiro atoms. The topological polar surface area (TPSA) is 6.48 Å². The molecule has 0 aromatic carbocycles. The maximum absolute atomic E-state index is 6.80. The molecule has 19 heavy (non-hydrogen) atoms. The number of hydrogen-bond donors (Lipinski definition) is 0. The van der Waals surface area contributed by atoms with Crippen LogP contribution < -0.4 is 0 Å². The Morgan fingerprint density at radius 1 is 0.842 bits per heavy atom. The van der Waals surface area contributed by atoms with E-state index in [0.29, 0.717) is 6.04 Å². The van der Waals surface area contributed by atoms with Crippen LogP contribution in [0.3, 0.4) is 0 Å². The summed E-state index contributed by atoms with van der Waals surface area (Å²) >= 11 is 6.80. The van der Waals surface area contributed by atoms with Gasteiger partial charge in [0.2, 0.25) is 0 Å². The first-order valence-corrected chi connectivity index (χ1v) is 8.34. The molecular weight excluding hydrogens is 256 g/mol. The number of rotatable bonds is 4. The van der Waals surface area contributed by atoms with Gasteiger partial charge < -0.3 is 0 Å². The lowest BCUT2D eigenvalue weighted by Gasteiger charge is -2.38. The van der Waals surface area contributed by atoms with Crippen LogP contribution in [0.2, 0.25) is 0 Å². The number of nitrogens with zero attached hydrogens (tertiary/aromatic N) is 2. The van der Waals surface area contributed by atoms with E-state index in [9.17, 15) is 0 Å². The summed E-state index contributed by atoms with van der Waals surface area (Å²) in [6, 6.07) is 0.494. The maximum atomic E-state index is 6.80. The molecule has 2 saturated heterocycles. The summed E-state index contributed by atoms with van der Waals surface area (Å²) in [5.74, 6) is 0. The van der Waals surface area contributed by atoms with E-state index >= 15 is 0 Å². The molecular formula is C16H29ClN2. The number of likely N-dealkylation sites (tertiary alicyclic amines) is 2. The minimum atomic E-state index is 0.101. The van der Waals surface area contributed by atoms with Crippen molar-refractivity contribution in [1.29, 1.82) is 0 Å². The fourth-order valence-corrected chi connectivity index (χ4v) is 4.12. The lowest BCUT2D eigenvalue weighted by molar-refractivity contribution is 0.182. The molecule has 0 bridgehead atoms. The predicted molar refractivity (Wildman–Crippen MR) is 83.7 cm³/mol. The van der Waals surface area contributed by atoms with Gasteiger partial charge in [-0.05, 0) is 78.2 Å². The van der Waals surface area contributed by atoms with Crippen molar-refractivity contribution in [3.05, 3.63) is 11.1 Å². The smallest absolute Gasteiger partial charge is 0.108 e. The van der Waals surface area contributed by atoms with Crippen molar-refractivity contribution in [2.24, 2.45) is 0 Å². The molecule has 2 aliphatic heterocycles. The van der Waals surface area contributed by atoms with E-state index < -0.39 is 0 Å². The Bertz CT molecular complexity index is 311. The van der Waals surface area contributed by atoms with Gasteiger partial charge in [-0.25, -0.2) is 0 Å². The zero-order chi connectivity index (χ0) is 13.8. The molecule has 0 radical (unpaired) electrons. The second-order valence-electron chi connectivity index (χ2n) is 6.31. The van der Waals surface area contributed by atoms with Crippen molar-refractivity contribution in [1.82, 2.24) is 9.80 Å². The van der Waals surface area contributed by atoms with Crippen LogP contribution in [0.5, 0.6) is 0 Å². The van der Waals surface area contributed by atoms with Crippen LogP contribution in [0.1, 0.15) is 52.9 Å². The van der Waals surface area contributed by atoms with Gasteiger partial charge in [0.05, 0.1) is 0 Å². The SMILES string of the molecule is CC(C)=C(C(C)N1CCCCC1)C(Cl)N1CCCC1. The molecule has 0 aromatic heterocycles. The zero-order valence-electron chi connectivity index (χ0n) is 12.8. The van der Waals surface area contributed by atoms with Crippen LogP contribution in [0.25, 0.3) is 0 Å². The first kappa shape index (κ1) is 15.3. The minimum absolute atomic E-state index is 0.101. The standard InChI is InChI=1S/C16H29ClN2/c1-13(2)15(16(17)19-11-7-8-12-19)14(3)18-9-5-4-6-10-18/h14,16H,4-12H2,1-3H3. The molecule has 3 heteroatoms. The van der Waals surface area contributed by atoms with Gasteiger partial charge in [-0.2, -0.15) is 0 Å². The van der Waals surface area contributed by atoms with E-state index in [0.717, 1.165) is 13.1 Å². The van der Waals surface area contributed by atoms with Crippen molar-refractivity contribution in [3.8, 4) is 0 Å². The average molecular weight is 285 g/mol. The minimum Gasteiger partial charge on any atom is -0.297 e. The first-order valence-electron chi connectivity index (χ1n) is 7.90. The van der Waals surface area contributed by atoms with Crippen LogP contribution in [-0.2, 0) is 0 Å². The van der Waals surface area contributed by atoms with Crippen LogP contribution >= 0.6 is 11.6 Å². The summed E-state index contributed by atoms with van der Waals surface area (Å²) in [5.41, 5.74) is 2.96. The van der Waals surface area contributed by atoms with Crippen molar-refractivity contribution >= 4 is 11.6 Å². The molecule has 2 rings (SSSR count). The number of piperidine rings is 1. The molecule has 2 heterocycles. The average Bonchev–Trinajstić information content (AvgIpc) is 2.93. The maximum Gasteiger partial charge on any atom is 0.108 e. The molecule has 0 aliphatic carbocycles. The summed E-state index contributed by atoms with van der Waals surface area (Å²) in [4.78, 5) is 5.07. The lowest BCUT2D eigenvalue weighted by Crippen LogP contribution is -2.43. The van der Waals surface area contributed by atoms with E-state index in [-0.39, 0.29) is 5.50 Å². The molecule has 2 aliphatic rings. The fraction of sp³-hybridized carbons (Fsp3) is 0.875. The molecule has 110 valence electrons. The Hall–Kier alpha value is -0.0500. The third-order valence-corrected chi connectivity index (χ3v) is 5.19. The van der Waals surface area contributed by atoms with Crippen molar-refractivity contribution < 1.29 is 0 Å². The van der Waals surface area contributed by atoms with Gasteiger partial charge in [0.25, 0.3) is 0 Å². The summed E-state index contributed by atoms with van der Waals surface area (Å²) < 4.78 is 0. The summed E-state index contributed by atoms with van der Waals surface area (Å²) in [6.45, 7) is 11.6. The lowest BCUT2D eigenvalue weighted by atomic mass is 9.98. The third-order valence-electron chi connectivity index (χ3n) is 4.68. The Kier molecular flexibility index (Phi) is 5.73. The number of hydrogen-bond acceptors (Lipinski definition) is 2. The van der Waals surface area contributed by atoms with E-state index in [4.69, 9.17) is 11.6 Å². The molecule has 2 atom stereocenters. The zero-order valence-corrected chi connectivity index (χ0v) is 13.5. The van der Waals surface area contributed by atoms with Gasteiger partial charge >= 0.3 is 0 Å². The third kappa shape index (κ3) is 3.74. The molecule has 0 amide bonds. The van der Waals surface area contributed by atoms with E-state index in [1.165, 1.54) is 56.3 Å².